The van der Waals surface area contributed by atoms with Crippen LogP contribution in [0.5, 0.6) is 0 Å². The summed E-state index contributed by atoms with van der Waals surface area (Å²) in [5, 5.41) is 13.5. The molecule has 4 rings (SSSR count). The summed E-state index contributed by atoms with van der Waals surface area (Å²) in [5.41, 5.74) is 1.46. The molecule has 0 spiro atoms. The molecule has 0 saturated heterocycles. The minimum Gasteiger partial charge on any atom is -0.387 e. The molecule has 3 aromatic heterocycles. The lowest BCUT2D eigenvalue weighted by atomic mass is 9.92. The van der Waals surface area contributed by atoms with Crippen molar-refractivity contribution in [3.63, 3.8) is 0 Å². The van der Waals surface area contributed by atoms with Crippen molar-refractivity contribution >= 4 is 23.1 Å². The van der Waals surface area contributed by atoms with Gasteiger partial charge in [-0.1, -0.05) is 45.0 Å². The summed E-state index contributed by atoms with van der Waals surface area (Å²) in [5.74, 6) is -0.362. The maximum absolute atomic E-state index is 12.7. The van der Waals surface area contributed by atoms with Crippen molar-refractivity contribution in [1.82, 2.24) is 19.6 Å². The van der Waals surface area contributed by atoms with E-state index < -0.39 is 11.7 Å². The molecule has 8 nitrogen and oxygen atoms in total. The average molecular weight is 423 g/mol. The fraction of sp³-hybridized carbons (Fsp3) is 0.238. The number of nitrogens with one attached hydrogen (secondary N) is 1. The first-order chi connectivity index (χ1) is 14.3. The highest BCUT2D eigenvalue weighted by Crippen LogP contribution is 2.26. The van der Waals surface area contributed by atoms with E-state index in [4.69, 9.17) is 4.42 Å². The lowest BCUT2D eigenvalue weighted by Crippen LogP contribution is -2.26. The molecule has 0 unspecified atom stereocenters. The van der Waals surface area contributed by atoms with E-state index in [1.165, 1.54) is 11.3 Å². The third-order valence-electron chi connectivity index (χ3n) is 4.38. The molecule has 1 aromatic carbocycles. The van der Waals surface area contributed by atoms with Crippen molar-refractivity contribution in [3.8, 4) is 16.5 Å². The van der Waals surface area contributed by atoms with Crippen LogP contribution < -0.4 is 11.1 Å². The zero-order valence-corrected chi connectivity index (χ0v) is 17.6. The number of para-hydroxylation sites is 1. The second-order valence-electron chi connectivity index (χ2n) is 7.77. The first-order valence-electron chi connectivity index (χ1n) is 9.39. The lowest BCUT2D eigenvalue weighted by Gasteiger charge is -2.14. The highest BCUT2D eigenvalue weighted by atomic mass is 32.1. The fourth-order valence-electron chi connectivity index (χ4n) is 2.83. The Labute approximate surface area is 176 Å². The summed E-state index contributed by atoms with van der Waals surface area (Å²) in [7, 11) is 0. The van der Waals surface area contributed by atoms with Crippen LogP contribution in [-0.4, -0.2) is 25.5 Å². The van der Waals surface area contributed by atoms with Crippen LogP contribution in [-0.2, 0) is 16.8 Å². The van der Waals surface area contributed by atoms with Gasteiger partial charge in [0.1, 0.15) is 12.4 Å². The van der Waals surface area contributed by atoms with E-state index in [9.17, 15) is 9.59 Å². The van der Waals surface area contributed by atoms with Gasteiger partial charge < -0.3 is 9.73 Å². The third kappa shape index (κ3) is 4.11. The highest BCUT2D eigenvalue weighted by Gasteiger charge is 2.22. The number of hydrogen-bond donors (Lipinski definition) is 1. The number of carbonyl (C=O) groups is 1. The first-order valence-corrected chi connectivity index (χ1v) is 10.3. The van der Waals surface area contributed by atoms with Crippen LogP contribution >= 0.6 is 11.3 Å². The molecule has 30 heavy (non-hydrogen) atoms. The molecule has 0 aliphatic rings. The van der Waals surface area contributed by atoms with E-state index in [0.717, 1.165) is 20.9 Å². The van der Waals surface area contributed by atoms with Crippen LogP contribution in [0.15, 0.2) is 63.1 Å². The van der Waals surface area contributed by atoms with Gasteiger partial charge in [0.15, 0.2) is 0 Å². The molecule has 0 atom stereocenters. The van der Waals surface area contributed by atoms with Crippen molar-refractivity contribution in [2.24, 2.45) is 0 Å². The van der Waals surface area contributed by atoms with Gasteiger partial charge >= 0.3 is 5.76 Å². The average Bonchev–Trinajstić information content (AvgIpc) is 3.43. The highest BCUT2D eigenvalue weighted by molar-refractivity contribution is 7.13. The third-order valence-corrected chi connectivity index (χ3v) is 5.24. The van der Waals surface area contributed by atoms with E-state index in [2.05, 4.69) is 36.3 Å². The molecule has 4 aromatic rings. The van der Waals surface area contributed by atoms with Crippen molar-refractivity contribution < 1.29 is 9.21 Å². The van der Waals surface area contributed by atoms with Gasteiger partial charge in [0.25, 0.3) is 5.89 Å². The van der Waals surface area contributed by atoms with E-state index in [1.807, 2.05) is 47.8 Å². The number of anilines is 1. The molecule has 0 fully saturated rings. The van der Waals surface area contributed by atoms with Gasteiger partial charge in [-0.15, -0.1) is 16.4 Å². The summed E-state index contributed by atoms with van der Waals surface area (Å²) >= 11 is 1.40. The Balaban J connectivity index is 1.59. The number of carbonyl (C=O) groups excluding carboxylic acids is 1. The van der Waals surface area contributed by atoms with E-state index in [-0.39, 0.29) is 17.9 Å². The Hall–Kier alpha value is -3.46. The molecule has 9 heteroatoms. The largest absolute Gasteiger partial charge is 0.437 e. The van der Waals surface area contributed by atoms with Crippen molar-refractivity contribution in [2.75, 3.05) is 5.32 Å². The van der Waals surface area contributed by atoms with Crippen molar-refractivity contribution in [2.45, 2.75) is 32.7 Å². The van der Waals surface area contributed by atoms with Crippen LogP contribution in [0.4, 0.5) is 5.82 Å². The summed E-state index contributed by atoms with van der Waals surface area (Å²) < 4.78 is 7.86. The van der Waals surface area contributed by atoms with Gasteiger partial charge in [-0.05, 0) is 23.6 Å². The monoisotopic (exact) mass is 423 g/mol. The topological polar surface area (TPSA) is 95.0 Å². The van der Waals surface area contributed by atoms with Gasteiger partial charge in [-0.2, -0.15) is 9.78 Å². The maximum atomic E-state index is 12.7. The minimum absolute atomic E-state index is 0.196. The Morgan fingerprint density at radius 2 is 1.90 bits per heavy atom. The van der Waals surface area contributed by atoms with Crippen LogP contribution in [0.1, 0.15) is 26.5 Å². The van der Waals surface area contributed by atoms with Gasteiger partial charge in [0.2, 0.25) is 5.91 Å². The van der Waals surface area contributed by atoms with E-state index in [0.29, 0.717) is 5.82 Å². The van der Waals surface area contributed by atoms with E-state index in [1.54, 1.807) is 10.7 Å². The Morgan fingerprint density at radius 1 is 1.13 bits per heavy atom. The smallest absolute Gasteiger partial charge is 0.387 e. The van der Waals surface area contributed by atoms with Gasteiger partial charge in [-0.3, -0.25) is 4.79 Å². The van der Waals surface area contributed by atoms with Crippen LogP contribution in [0.3, 0.4) is 0 Å². The second kappa shape index (κ2) is 7.75. The van der Waals surface area contributed by atoms with Crippen LogP contribution in [0, 0.1) is 0 Å². The van der Waals surface area contributed by atoms with Crippen LogP contribution in [0.2, 0.25) is 0 Å². The SMILES string of the molecule is CC(C)(C)c1cc(NC(=O)Cn2nc(-c3cccs3)oc2=O)n(-c2ccccc2)n1. The zero-order chi connectivity index (χ0) is 21.3. The number of rotatable bonds is 5. The molecular formula is C21H21N5O3S. The van der Waals surface area contributed by atoms with E-state index >= 15 is 0 Å². The molecule has 1 N–H and O–H groups in total. The molecule has 0 saturated carbocycles. The van der Waals surface area contributed by atoms with Gasteiger partial charge in [-0.25, -0.2) is 9.48 Å². The number of hydrogen-bond acceptors (Lipinski definition) is 6. The van der Waals surface area contributed by atoms with Crippen LogP contribution in [0.25, 0.3) is 16.5 Å². The van der Waals surface area contributed by atoms with Crippen molar-refractivity contribution in [1.29, 1.82) is 0 Å². The van der Waals surface area contributed by atoms with Crippen molar-refractivity contribution in [3.05, 3.63) is 70.2 Å². The summed E-state index contributed by atoms with van der Waals surface area (Å²) in [6.07, 6.45) is 0. The first kappa shape index (κ1) is 19.8. The Bertz CT molecular complexity index is 1210. The maximum Gasteiger partial charge on any atom is 0.437 e. The molecule has 0 bridgehead atoms. The molecule has 0 aliphatic carbocycles. The number of amides is 1. The summed E-state index contributed by atoms with van der Waals surface area (Å²) in [6.45, 7) is 5.89. The zero-order valence-electron chi connectivity index (χ0n) is 16.8. The molecule has 3 heterocycles. The lowest BCUT2D eigenvalue weighted by molar-refractivity contribution is -0.117. The Kier molecular flexibility index (Phi) is 5.13. The number of benzene rings is 1. The normalized spacial score (nSPS) is 11.6. The standard InChI is InChI=1S/C21H21N5O3S/c1-21(2,3)16-12-17(26(23-16)14-8-5-4-6-9-14)22-18(27)13-25-20(28)29-19(24-25)15-10-7-11-30-15/h4-12H,13H2,1-3H3,(H,22,27). The summed E-state index contributed by atoms with van der Waals surface area (Å²) in [6, 6.07) is 15.0. The summed E-state index contributed by atoms with van der Waals surface area (Å²) in [4.78, 5) is 25.5. The molecule has 0 aliphatic heterocycles. The number of thiophene rings is 1. The Morgan fingerprint density at radius 3 is 2.57 bits per heavy atom. The van der Waals surface area contributed by atoms with Gasteiger partial charge in [0, 0.05) is 11.5 Å². The number of aromatic nitrogens is 4. The fourth-order valence-corrected chi connectivity index (χ4v) is 3.47. The second-order valence-corrected chi connectivity index (χ2v) is 8.72. The predicted molar refractivity (Wildman–Crippen MR) is 115 cm³/mol. The predicted octanol–water partition coefficient (Wildman–Crippen LogP) is 3.69. The quantitative estimate of drug-likeness (QED) is 0.528. The molecule has 1 amide bonds. The molecule has 0 radical (unpaired) electrons. The molecular weight excluding hydrogens is 402 g/mol. The van der Waals surface area contributed by atoms with Gasteiger partial charge in [0.05, 0.1) is 16.3 Å². The minimum atomic E-state index is -0.680. The molecule has 154 valence electrons. The number of nitrogens with zero attached hydrogens (tertiary/aromatic N) is 4.